The first-order chi connectivity index (χ1) is 10.5. The van der Waals surface area contributed by atoms with Gasteiger partial charge < -0.3 is 15.3 Å². The monoisotopic (exact) mass is 302 g/mol. The Bertz CT molecular complexity index is 520. The average Bonchev–Trinajstić information content (AvgIpc) is 3.38. The van der Waals surface area contributed by atoms with Crippen LogP contribution in [0, 0.1) is 18.8 Å². The zero-order chi connectivity index (χ0) is 15.7. The van der Waals surface area contributed by atoms with Crippen LogP contribution in [0.4, 0.5) is 4.79 Å². The highest BCUT2D eigenvalue weighted by molar-refractivity contribution is 5.74. The van der Waals surface area contributed by atoms with E-state index in [1.54, 1.807) is 11.9 Å². The van der Waals surface area contributed by atoms with Gasteiger partial charge in [-0.15, -0.1) is 0 Å². The van der Waals surface area contributed by atoms with Crippen molar-refractivity contribution in [2.75, 3.05) is 13.6 Å². The lowest BCUT2D eigenvalue weighted by atomic mass is 10.0. The number of aliphatic hydroxyl groups is 1. The van der Waals surface area contributed by atoms with E-state index in [4.69, 9.17) is 0 Å². The maximum absolute atomic E-state index is 12.4. The largest absolute Gasteiger partial charge is 0.391 e. The number of nitrogens with zero attached hydrogens (tertiary/aromatic N) is 1. The van der Waals surface area contributed by atoms with Crippen LogP contribution in [-0.4, -0.2) is 35.7 Å². The molecule has 0 bridgehead atoms. The van der Waals surface area contributed by atoms with Crippen LogP contribution in [0.3, 0.4) is 0 Å². The summed E-state index contributed by atoms with van der Waals surface area (Å²) in [7, 11) is 1.76. The van der Waals surface area contributed by atoms with Crippen molar-refractivity contribution in [1.29, 1.82) is 0 Å². The molecule has 2 saturated carbocycles. The molecule has 2 aliphatic carbocycles. The van der Waals surface area contributed by atoms with E-state index in [0.29, 0.717) is 18.4 Å². The maximum Gasteiger partial charge on any atom is 0.317 e. The SMILES string of the molecule is Cc1ccc([C@H](NC(=O)N(C)C[C@@H](O)C2CC2)C2CC2)cc1. The van der Waals surface area contributed by atoms with Crippen molar-refractivity contribution in [2.24, 2.45) is 11.8 Å². The Hall–Kier alpha value is -1.55. The van der Waals surface area contributed by atoms with Gasteiger partial charge >= 0.3 is 6.03 Å². The van der Waals surface area contributed by atoms with E-state index in [1.165, 1.54) is 24.0 Å². The smallest absolute Gasteiger partial charge is 0.317 e. The van der Waals surface area contributed by atoms with Gasteiger partial charge in [-0.05, 0) is 50.0 Å². The predicted octanol–water partition coefficient (Wildman–Crippen LogP) is 2.86. The van der Waals surface area contributed by atoms with Crippen molar-refractivity contribution in [3.05, 3.63) is 35.4 Å². The van der Waals surface area contributed by atoms with Crippen LogP contribution in [0.5, 0.6) is 0 Å². The topological polar surface area (TPSA) is 52.6 Å². The number of hydrogen-bond acceptors (Lipinski definition) is 2. The van der Waals surface area contributed by atoms with Gasteiger partial charge in [0.1, 0.15) is 0 Å². The van der Waals surface area contributed by atoms with Gasteiger partial charge in [0, 0.05) is 13.6 Å². The first-order valence-electron chi connectivity index (χ1n) is 8.31. The van der Waals surface area contributed by atoms with Crippen molar-refractivity contribution in [3.63, 3.8) is 0 Å². The molecule has 2 aliphatic rings. The zero-order valence-electron chi connectivity index (χ0n) is 13.5. The first-order valence-corrected chi connectivity index (χ1v) is 8.31. The standard InChI is InChI=1S/C18H26N2O2/c1-12-3-5-14(6-4-12)17(15-9-10-15)19-18(22)20(2)11-16(21)13-7-8-13/h3-6,13,15-17,21H,7-11H2,1-2H3,(H,19,22)/t16-,17+/m1/s1. The Labute approximate surface area is 132 Å². The van der Waals surface area contributed by atoms with E-state index in [-0.39, 0.29) is 18.2 Å². The van der Waals surface area contributed by atoms with Crippen molar-refractivity contribution in [3.8, 4) is 0 Å². The molecule has 120 valence electrons. The fourth-order valence-corrected chi connectivity index (χ4v) is 2.91. The van der Waals surface area contributed by atoms with Crippen LogP contribution in [0.15, 0.2) is 24.3 Å². The summed E-state index contributed by atoms with van der Waals surface area (Å²) in [6.45, 7) is 2.49. The summed E-state index contributed by atoms with van der Waals surface area (Å²) in [6, 6.07) is 8.41. The summed E-state index contributed by atoms with van der Waals surface area (Å²) in [5, 5.41) is 13.1. The summed E-state index contributed by atoms with van der Waals surface area (Å²) in [4.78, 5) is 14.0. The lowest BCUT2D eigenvalue weighted by Crippen LogP contribution is -2.43. The molecule has 2 atom stereocenters. The molecular weight excluding hydrogens is 276 g/mol. The molecule has 0 heterocycles. The van der Waals surface area contributed by atoms with Crippen LogP contribution in [0.2, 0.25) is 0 Å². The molecule has 0 radical (unpaired) electrons. The van der Waals surface area contributed by atoms with Gasteiger partial charge in [0.15, 0.2) is 0 Å². The molecule has 4 nitrogen and oxygen atoms in total. The predicted molar refractivity (Wildman–Crippen MR) is 86.5 cm³/mol. The molecule has 1 aromatic rings. The number of carbonyl (C=O) groups excluding carboxylic acids is 1. The number of amides is 2. The van der Waals surface area contributed by atoms with E-state index in [9.17, 15) is 9.90 Å². The fourth-order valence-electron chi connectivity index (χ4n) is 2.91. The normalized spacial score (nSPS) is 20.3. The van der Waals surface area contributed by atoms with Gasteiger partial charge in [0.05, 0.1) is 12.1 Å². The van der Waals surface area contributed by atoms with Crippen LogP contribution in [-0.2, 0) is 0 Å². The molecule has 2 amide bonds. The molecule has 0 saturated heterocycles. The summed E-state index contributed by atoms with van der Waals surface area (Å²) in [5.74, 6) is 0.944. The van der Waals surface area contributed by atoms with E-state index >= 15 is 0 Å². The van der Waals surface area contributed by atoms with E-state index in [2.05, 4.69) is 36.5 Å². The Kier molecular flexibility index (Phi) is 4.39. The van der Waals surface area contributed by atoms with Gasteiger partial charge in [0.2, 0.25) is 0 Å². The minimum absolute atomic E-state index is 0.0859. The summed E-state index contributed by atoms with van der Waals surface area (Å²) < 4.78 is 0. The maximum atomic E-state index is 12.4. The number of likely N-dealkylation sites (N-methyl/N-ethyl adjacent to an activating group) is 1. The Morgan fingerprint density at radius 2 is 1.82 bits per heavy atom. The minimum Gasteiger partial charge on any atom is -0.391 e. The second kappa shape index (κ2) is 6.29. The molecule has 0 aliphatic heterocycles. The van der Waals surface area contributed by atoms with E-state index < -0.39 is 0 Å². The third-order valence-electron chi connectivity index (χ3n) is 4.78. The number of carbonyl (C=O) groups is 1. The second-order valence-corrected chi connectivity index (χ2v) is 6.96. The molecule has 2 fully saturated rings. The molecule has 22 heavy (non-hydrogen) atoms. The molecule has 4 heteroatoms. The van der Waals surface area contributed by atoms with Crippen LogP contribution >= 0.6 is 0 Å². The van der Waals surface area contributed by atoms with Gasteiger partial charge in [0.25, 0.3) is 0 Å². The second-order valence-electron chi connectivity index (χ2n) is 6.96. The number of aryl methyl sites for hydroxylation is 1. The van der Waals surface area contributed by atoms with Gasteiger partial charge in [-0.2, -0.15) is 0 Å². The van der Waals surface area contributed by atoms with Gasteiger partial charge in [-0.3, -0.25) is 0 Å². The van der Waals surface area contributed by atoms with Crippen molar-refractivity contribution < 1.29 is 9.90 Å². The van der Waals surface area contributed by atoms with E-state index in [0.717, 1.165) is 12.8 Å². The molecule has 1 aromatic carbocycles. The highest BCUT2D eigenvalue weighted by Crippen LogP contribution is 2.41. The first kappa shape index (κ1) is 15.3. The number of nitrogens with one attached hydrogen (secondary N) is 1. The van der Waals surface area contributed by atoms with Crippen LogP contribution in [0.1, 0.15) is 42.9 Å². The fraction of sp³-hybridized carbons (Fsp3) is 0.611. The quantitative estimate of drug-likeness (QED) is 0.849. The van der Waals surface area contributed by atoms with Crippen molar-refractivity contribution >= 4 is 6.03 Å². The molecule has 0 spiro atoms. The zero-order valence-corrected chi connectivity index (χ0v) is 13.5. The van der Waals surface area contributed by atoms with Crippen LogP contribution < -0.4 is 5.32 Å². The van der Waals surface area contributed by atoms with Crippen LogP contribution in [0.25, 0.3) is 0 Å². The van der Waals surface area contributed by atoms with Gasteiger partial charge in [-0.25, -0.2) is 4.79 Å². The number of rotatable bonds is 6. The molecular formula is C18H26N2O2. The average molecular weight is 302 g/mol. The lowest BCUT2D eigenvalue weighted by molar-refractivity contribution is 0.112. The highest BCUT2D eigenvalue weighted by Gasteiger charge is 2.35. The molecule has 0 aromatic heterocycles. The number of aliphatic hydroxyl groups excluding tert-OH is 1. The van der Waals surface area contributed by atoms with E-state index in [1.807, 2.05) is 0 Å². The molecule has 3 rings (SSSR count). The number of urea groups is 1. The third-order valence-corrected chi connectivity index (χ3v) is 4.78. The minimum atomic E-state index is -0.380. The molecule has 0 unspecified atom stereocenters. The molecule has 2 N–H and O–H groups in total. The Morgan fingerprint density at radius 1 is 1.23 bits per heavy atom. The summed E-state index contributed by atoms with van der Waals surface area (Å²) in [6.07, 6.45) is 4.14. The number of hydrogen-bond donors (Lipinski definition) is 2. The van der Waals surface area contributed by atoms with Crippen molar-refractivity contribution in [2.45, 2.75) is 44.8 Å². The lowest BCUT2D eigenvalue weighted by Gasteiger charge is -2.25. The number of benzene rings is 1. The summed E-state index contributed by atoms with van der Waals surface area (Å²) in [5.41, 5.74) is 2.41. The Balaban J connectivity index is 1.60. The third kappa shape index (κ3) is 3.80. The van der Waals surface area contributed by atoms with Crippen molar-refractivity contribution in [1.82, 2.24) is 10.2 Å². The summed E-state index contributed by atoms with van der Waals surface area (Å²) >= 11 is 0. The highest BCUT2D eigenvalue weighted by atomic mass is 16.3. The van der Waals surface area contributed by atoms with Gasteiger partial charge in [-0.1, -0.05) is 29.8 Å². The Morgan fingerprint density at radius 3 is 2.36 bits per heavy atom.